The van der Waals surface area contributed by atoms with Gasteiger partial charge in [-0.25, -0.2) is 22.5 Å². The largest absolute Gasteiger partial charge is 0.321 e. The number of Topliss-reactive ketones (excluding diaryl/α,β-unsaturated/α-hetero) is 1. The Morgan fingerprint density at radius 1 is 1.38 bits per heavy atom. The highest BCUT2D eigenvalue weighted by Gasteiger charge is 2.68. The summed E-state index contributed by atoms with van der Waals surface area (Å²) < 4.78 is 57.4. The molecule has 2 unspecified atom stereocenters. The lowest BCUT2D eigenvalue weighted by atomic mass is 9.65. The quantitative estimate of drug-likeness (QED) is 0.381. The van der Waals surface area contributed by atoms with E-state index in [1.807, 2.05) is 4.57 Å². The molecule has 170 valence electrons. The van der Waals surface area contributed by atoms with E-state index in [4.69, 9.17) is 0 Å². The molecule has 0 spiro atoms. The van der Waals surface area contributed by atoms with E-state index in [0.717, 1.165) is 19.3 Å². The first-order chi connectivity index (χ1) is 15.0. The van der Waals surface area contributed by atoms with E-state index in [-0.39, 0.29) is 29.7 Å². The summed E-state index contributed by atoms with van der Waals surface area (Å²) in [5.41, 5.74) is -1.83. The maximum absolute atomic E-state index is 14.4. The minimum atomic E-state index is -3.48. The summed E-state index contributed by atoms with van der Waals surface area (Å²) in [6.45, 7) is 5.24. The summed E-state index contributed by atoms with van der Waals surface area (Å²) in [5, 5.41) is 9.52. The Kier molecular flexibility index (Phi) is 5.43. The number of ketones is 1. The van der Waals surface area contributed by atoms with Crippen molar-refractivity contribution >= 4 is 16.8 Å². The van der Waals surface area contributed by atoms with E-state index < -0.39 is 29.7 Å². The van der Waals surface area contributed by atoms with Crippen LogP contribution in [0.25, 0.3) is 11.0 Å². The molecule has 4 nitrogen and oxygen atoms in total. The van der Waals surface area contributed by atoms with Crippen LogP contribution in [0.5, 0.6) is 0 Å². The molecule has 0 amide bonds. The third-order valence-corrected chi connectivity index (χ3v) is 7.16. The molecular formula is C24H25F4N3O. The zero-order chi connectivity index (χ0) is 23.3. The molecule has 0 radical (unpaired) electrons. The fourth-order valence-corrected chi connectivity index (χ4v) is 5.11. The molecular weight excluding hydrogens is 422 g/mol. The summed E-state index contributed by atoms with van der Waals surface area (Å²) in [7, 11) is 0. The van der Waals surface area contributed by atoms with Crippen molar-refractivity contribution in [1.29, 1.82) is 5.26 Å². The Hall–Kier alpha value is -2.69. The summed E-state index contributed by atoms with van der Waals surface area (Å²) >= 11 is 0. The number of nitriles is 1. The van der Waals surface area contributed by atoms with Crippen LogP contribution >= 0.6 is 0 Å². The number of carbonyl (C=O) groups is 1. The number of alkyl halides is 3. The highest BCUT2D eigenvalue weighted by Crippen LogP contribution is 2.56. The molecule has 8 heteroatoms. The van der Waals surface area contributed by atoms with Crippen LogP contribution in [0.4, 0.5) is 17.6 Å². The van der Waals surface area contributed by atoms with Crippen LogP contribution in [0, 0.1) is 23.1 Å². The van der Waals surface area contributed by atoms with Crippen molar-refractivity contribution in [3.05, 3.63) is 42.0 Å². The van der Waals surface area contributed by atoms with Gasteiger partial charge in [0.1, 0.15) is 23.5 Å². The lowest BCUT2D eigenvalue weighted by molar-refractivity contribution is -0.226. The number of allylic oxidation sites excluding steroid dienone is 1. The van der Waals surface area contributed by atoms with Crippen LogP contribution in [0.3, 0.4) is 0 Å². The van der Waals surface area contributed by atoms with Gasteiger partial charge in [0.2, 0.25) is 0 Å². The highest BCUT2D eigenvalue weighted by molar-refractivity contribution is 5.83. The average molecular weight is 447 g/mol. The Bertz CT molecular complexity index is 1130. The average Bonchev–Trinajstić information content (AvgIpc) is 3.08. The number of aryl methyl sites for hydroxylation is 1. The van der Waals surface area contributed by atoms with E-state index in [1.165, 1.54) is 12.1 Å². The van der Waals surface area contributed by atoms with Crippen molar-refractivity contribution in [2.75, 3.05) is 0 Å². The SMILES string of the molecule is C=CC1(F)C(CC(=O)CCCc2nc3cc(F)cc(C#N)c3n2C2(C)CCC2)CC1(F)F. The van der Waals surface area contributed by atoms with Gasteiger partial charge < -0.3 is 4.57 Å². The molecule has 2 aliphatic rings. The van der Waals surface area contributed by atoms with Gasteiger partial charge in [-0.15, -0.1) is 0 Å². The van der Waals surface area contributed by atoms with Crippen LogP contribution in [0.1, 0.15) is 63.3 Å². The second-order valence-corrected chi connectivity index (χ2v) is 9.32. The molecule has 2 saturated carbocycles. The number of benzene rings is 1. The Morgan fingerprint density at radius 2 is 2.09 bits per heavy atom. The number of hydrogen-bond donors (Lipinski definition) is 0. The number of fused-ring (bicyclic) bond motifs is 1. The van der Waals surface area contributed by atoms with Gasteiger partial charge >= 0.3 is 0 Å². The number of carbonyl (C=O) groups excluding carboxylic acids is 1. The van der Waals surface area contributed by atoms with Crippen LogP contribution in [0.2, 0.25) is 0 Å². The molecule has 0 saturated heterocycles. The van der Waals surface area contributed by atoms with E-state index in [9.17, 15) is 27.6 Å². The monoisotopic (exact) mass is 447 g/mol. The van der Waals surface area contributed by atoms with Crippen LogP contribution < -0.4 is 0 Å². The minimum Gasteiger partial charge on any atom is -0.321 e. The first-order valence-electron chi connectivity index (χ1n) is 10.9. The third kappa shape index (κ3) is 3.42. The lowest BCUT2D eigenvalue weighted by Crippen LogP contribution is -2.60. The number of rotatable bonds is 8. The molecule has 2 fully saturated rings. The normalized spacial score (nSPS) is 25.6. The first-order valence-corrected chi connectivity index (χ1v) is 10.9. The molecule has 2 aromatic rings. The highest BCUT2D eigenvalue weighted by atomic mass is 19.3. The molecule has 1 heterocycles. The second kappa shape index (κ2) is 7.72. The molecule has 0 bridgehead atoms. The van der Waals surface area contributed by atoms with Crippen molar-refractivity contribution in [2.24, 2.45) is 5.92 Å². The minimum absolute atomic E-state index is 0.106. The van der Waals surface area contributed by atoms with Gasteiger partial charge in [-0.1, -0.05) is 6.58 Å². The van der Waals surface area contributed by atoms with Gasteiger partial charge in [-0.3, -0.25) is 4.79 Å². The van der Waals surface area contributed by atoms with E-state index in [1.54, 1.807) is 0 Å². The van der Waals surface area contributed by atoms with E-state index in [0.29, 0.717) is 35.8 Å². The van der Waals surface area contributed by atoms with Gasteiger partial charge in [0.05, 0.1) is 16.6 Å². The molecule has 0 N–H and O–H groups in total. The fourth-order valence-electron chi connectivity index (χ4n) is 5.11. The molecule has 1 aromatic carbocycles. The molecule has 32 heavy (non-hydrogen) atoms. The van der Waals surface area contributed by atoms with Crippen LogP contribution in [-0.2, 0) is 16.8 Å². The first kappa shape index (κ1) is 22.5. The molecule has 2 aliphatic carbocycles. The number of halogens is 4. The summed E-state index contributed by atoms with van der Waals surface area (Å²) in [5.74, 6) is -4.68. The molecule has 2 atom stereocenters. The van der Waals surface area contributed by atoms with Gasteiger partial charge in [-0.05, 0) is 44.7 Å². The Morgan fingerprint density at radius 3 is 2.66 bits per heavy atom. The Labute approximate surface area is 183 Å². The smallest absolute Gasteiger partial charge is 0.285 e. The van der Waals surface area contributed by atoms with Crippen LogP contribution in [0.15, 0.2) is 24.8 Å². The fraction of sp³-hybridized carbons (Fsp3) is 0.542. The van der Waals surface area contributed by atoms with Gasteiger partial charge in [0, 0.05) is 43.2 Å². The predicted molar refractivity (Wildman–Crippen MR) is 112 cm³/mol. The van der Waals surface area contributed by atoms with Crippen molar-refractivity contribution in [3.8, 4) is 6.07 Å². The maximum atomic E-state index is 14.4. The van der Waals surface area contributed by atoms with Crippen molar-refractivity contribution in [1.82, 2.24) is 9.55 Å². The summed E-state index contributed by atoms with van der Waals surface area (Å²) in [6.07, 6.45) is 3.47. The zero-order valence-corrected chi connectivity index (χ0v) is 17.9. The van der Waals surface area contributed by atoms with Crippen LogP contribution in [-0.4, -0.2) is 26.9 Å². The Balaban J connectivity index is 1.49. The second-order valence-electron chi connectivity index (χ2n) is 9.32. The van der Waals surface area contributed by atoms with Crippen molar-refractivity contribution in [3.63, 3.8) is 0 Å². The summed E-state index contributed by atoms with van der Waals surface area (Å²) in [6, 6.07) is 4.56. The standard InChI is InChI=1S/C24H25F4N3O/c1-3-23(26)16(13-24(23,27)28)11-18(32)6-4-7-20-30-19-12-17(25)10-15(14-29)21(19)31(20)22(2)8-5-9-22/h3,10,12,16H,1,4-9,11,13H2,2H3. The van der Waals surface area contributed by atoms with Crippen molar-refractivity contribution in [2.45, 2.75) is 75.4 Å². The zero-order valence-electron chi connectivity index (χ0n) is 17.9. The number of aromatic nitrogens is 2. The molecule has 1 aromatic heterocycles. The molecule has 4 rings (SSSR count). The predicted octanol–water partition coefficient (Wildman–Crippen LogP) is 5.78. The number of hydrogen-bond acceptors (Lipinski definition) is 3. The van der Waals surface area contributed by atoms with Gasteiger partial charge in [-0.2, -0.15) is 5.26 Å². The van der Waals surface area contributed by atoms with Crippen molar-refractivity contribution < 1.29 is 22.4 Å². The molecule has 0 aliphatic heterocycles. The topological polar surface area (TPSA) is 58.7 Å². The third-order valence-electron chi connectivity index (χ3n) is 7.16. The van der Waals surface area contributed by atoms with Gasteiger partial charge in [0.15, 0.2) is 5.67 Å². The van der Waals surface area contributed by atoms with Gasteiger partial charge in [0.25, 0.3) is 5.92 Å². The number of nitrogens with zero attached hydrogens (tertiary/aromatic N) is 3. The maximum Gasteiger partial charge on any atom is 0.285 e. The summed E-state index contributed by atoms with van der Waals surface area (Å²) in [4.78, 5) is 16.9. The van der Waals surface area contributed by atoms with E-state index >= 15 is 0 Å². The number of imidazole rings is 1. The van der Waals surface area contributed by atoms with E-state index in [2.05, 4.69) is 24.6 Å². The lowest BCUT2D eigenvalue weighted by Gasteiger charge is -2.47.